The summed E-state index contributed by atoms with van der Waals surface area (Å²) in [5.41, 5.74) is 5.57. The van der Waals surface area contributed by atoms with Crippen LogP contribution in [0, 0.1) is 0 Å². The smallest absolute Gasteiger partial charge is 0.384 e. The summed E-state index contributed by atoms with van der Waals surface area (Å²) >= 11 is 0. The van der Waals surface area contributed by atoms with Gasteiger partial charge in [0, 0.05) is 56.3 Å². The van der Waals surface area contributed by atoms with Gasteiger partial charge < -0.3 is 16.0 Å². The maximum Gasteiger partial charge on any atom is 0.416 e. The number of nitrogens with zero attached hydrogens (tertiary/aromatic N) is 1. The van der Waals surface area contributed by atoms with Crippen molar-refractivity contribution < 1.29 is 39.5 Å². The lowest BCUT2D eigenvalue weighted by Gasteiger charge is -2.25. The van der Waals surface area contributed by atoms with Crippen molar-refractivity contribution in [3.05, 3.63) is 196 Å². The second kappa shape index (κ2) is 20.1. The van der Waals surface area contributed by atoms with Crippen LogP contribution < -0.4 is 16.0 Å². The lowest BCUT2D eigenvalue weighted by Crippen LogP contribution is -2.36. The summed E-state index contributed by atoms with van der Waals surface area (Å²) < 4.78 is 118. The zero-order chi connectivity index (χ0) is 43.5. The molecule has 4 nitrogen and oxygen atoms in total. The molecule has 0 saturated carbocycles. The fourth-order valence-corrected chi connectivity index (χ4v) is 7.02. The monoisotopic (exact) mass is 848 g/mol. The molecule has 0 fully saturated rings. The summed E-state index contributed by atoms with van der Waals surface area (Å²) in [5.74, 6) is 0. The van der Waals surface area contributed by atoms with E-state index in [2.05, 4.69) is 20.9 Å². The van der Waals surface area contributed by atoms with Gasteiger partial charge in [-0.2, -0.15) is 39.5 Å². The standard InChI is InChI=1S/C48H45F9N4/c49-46(50,51)40-19-13-34(14-20-40)31-37-7-1-4-10-43(37)58-25-28-61(29-26-59-44-11-5-2-8-38(44)32-35-15-21-41(22-16-35)47(52,53)54)30-27-60-45-12-6-3-9-39(45)33-36-17-23-42(24-18-36)48(55,56)57/h1-24,58-60H,25-33H2. The Bertz CT molecular complexity index is 2030. The highest BCUT2D eigenvalue weighted by Crippen LogP contribution is 2.32. The Morgan fingerprint density at radius 1 is 0.328 bits per heavy atom. The molecule has 0 heterocycles. The second-order valence-corrected chi connectivity index (χ2v) is 14.7. The van der Waals surface area contributed by atoms with Gasteiger partial charge >= 0.3 is 18.5 Å². The number of rotatable bonds is 18. The van der Waals surface area contributed by atoms with Gasteiger partial charge in [-0.15, -0.1) is 0 Å². The van der Waals surface area contributed by atoms with Gasteiger partial charge in [-0.1, -0.05) is 91.0 Å². The quantitative estimate of drug-likeness (QED) is 0.0754. The summed E-state index contributed by atoms with van der Waals surface area (Å²) in [4.78, 5) is 2.27. The molecule has 3 N–H and O–H groups in total. The molecule has 0 spiro atoms. The molecular weight excluding hydrogens is 804 g/mol. The number of hydrogen-bond acceptors (Lipinski definition) is 4. The molecule has 0 aromatic heterocycles. The van der Waals surface area contributed by atoms with Gasteiger partial charge in [0.25, 0.3) is 0 Å². The van der Waals surface area contributed by atoms with Crippen molar-refractivity contribution in [3.8, 4) is 0 Å². The van der Waals surface area contributed by atoms with Crippen LogP contribution in [0.25, 0.3) is 0 Å². The van der Waals surface area contributed by atoms with Crippen LogP contribution in [0.15, 0.2) is 146 Å². The van der Waals surface area contributed by atoms with Gasteiger partial charge in [-0.05, 0) is 107 Å². The highest BCUT2D eigenvalue weighted by atomic mass is 19.4. The van der Waals surface area contributed by atoms with Crippen molar-refractivity contribution >= 4 is 17.1 Å². The van der Waals surface area contributed by atoms with Gasteiger partial charge in [0.15, 0.2) is 0 Å². The zero-order valence-electron chi connectivity index (χ0n) is 33.1. The maximum atomic E-state index is 13.1. The second-order valence-electron chi connectivity index (χ2n) is 14.7. The number of benzene rings is 6. The topological polar surface area (TPSA) is 39.3 Å². The Labute approximate surface area is 349 Å². The van der Waals surface area contributed by atoms with Gasteiger partial charge in [0.05, 0.1) is 16.7 Å². The molecule has 0 aliphatic rings. The molecule has 0 saturated heterocycles. The minimum atomic E-state index is -4.41. The fourth-order valence-electron chi connectivity index (χ4n) is 7.02. The number of para-hydroxylation sites is 3. The molecule has 0 aliphatic carbocycles. The van der Waals surface area contributed by atoms with E-state index in [1.54, 1.807) is 0 Å². The van der Waals surface area contributed by atoms with Crippen molar-refractivity contribution in [1.29, 1.82) is 0 Å². The van der Waals surface area contributed by atoms with Crippen LogP contribution in [0.2, 0.25) is 0 Å². The molecule has 61 heavy (non-hydrogen) atoms. The predicted molar refractivity (Wildman–Crippen MR) is 224 cm³/mol. The van der Waals surface area contributed by atoms with E-state index in [4.69, 9.17) is 0 Å². The molecule has 0 amide bonds. The van der Waals surface area contributed by atoms with E-state index in [0.29, 0.717) is 58.5 Å². The van der Waals surface area contributed by atoms with E-state index in [1.807, 2.05) is 72.8 Å². The van der Waals surface area contributed by atoms with E-state index >= 15 is 0 Å². The van der Waals surface area contributed by atoms with Crippen LogP contribution in [0.3, 0.4) is 0 Å². The Balaban J connectivity index is 1.11. The molecule has 6 aromatic carbocycles. The highest BCUT2D eigenvalue weighted by molar-refractivity contribution is 5.55. The van der Waals surface area contributed by atoms with Gasteiger partial charge in [-0.25, -0.2) is 0 Å². The van der Waals surface area contributed by atoms with Crippen LogP contribution in [0.5, 0.6) is 0 Å². The summed E-state index contributed by atoms with van der Waals surface area (Å²) in [6.07, 6.45) is -11.9. The van der Waals surface area contributed by atoms with Crippen molar-refractivity contribution in [2.45, 2.75) is 37.8 Å². The lowest BCUT2D eigenvalue weighted by molar-refractivity contribution is -0.138. The third kappa shape index (κ3) is 13.3. The van der Waals surface area contributed by atoms with Crippen LogP contribution >= 0.6 is 0 Å². The predicted octanol–water partition coefficient (Wildman–Crippen LogP) is 12.5. The molecule has 6 rings (SSSR count). The van der Waals surface area contributed by atoms with Gasteiger partial charge in [0.1, 0.15) is 0 Å². The van der Waals surface area contributed by atoms with Crippen LogP contribution in [0.4, 0.5) is 56.6 Å². The Hall–Kier alpha value is -5.95. The average molecular weight is 849 g/mol. The van der Waals surface area contributed by atoms with Crippen molar-refractivity contribution in [2.24, 2.45) is 0 Å². The number of halogens is 9. The van der Waals surface area contributed by atoms with E-state index in [0.717, 1.165) is 86.8 Å². The molecule has 0 aliphatic heterocycles. The van der Waals surface area contributed by atoms with E-state index in [-0.39, 0.29) is 0 Å². The first-order valence-corrected chi connectivity index (χ1v) is 19.8. The SMILES string of the molecule is FC(F)(F)c1ccc(Cc2ccccc2NCCN(CCNc2ccccc2Cc2ccc(C(F)(F)F)cc2)CCNc2ccccc2Cc2ccc(C(F)(F)F)cc2)cc1. The van der Waals surface area contributed by atoms with Crippen LogP contribution in [-0.2, 0) is 37.8 Å². The first-order chi connectivity index (χ1) is 29.1. The molecular formula is C48H45F9N4. The first kappa shape index (κ1) is 44.6. The molecule has 6 aromatic rings. The Morgan fingerprint density at radius 2 is 0.574 bits per heavy atom. The van der Waals surface area contributed by atoms with Crippen molar-refractivity contribution in [3.63, 3.8) is 0 Å². The highest BCUT2D eigenvalue weighted by Gasteiger charge is 2.31. The minimum Gasteiger partial charge on any atom is -0.384 e. The Morgan fingerprint density at radius 3 is 0.820 bits per heavy atom. The summed E-state index contributed by atoms with van der Waals surface area (Å²) in [5, 5.41) is 10.5. The lowest BCUT2D eigenvalue weighted by atomic mass is 10.0. The van der Waals surface area contributed by atoms with Crippen LogP contribution in [0.1, 0.15) is 50.1 Å². The number of alkyl halides is 9. The molecule has 0 atom stereocenters. The number of hydrogen-bond donors (Lipinski definition) is 3. The number of nitrogens with one attached hydrogen (secondary N) is 3. The van der Waals surface area contributed by atoms with Crippen LogP contribution in [-0.4, -0.2) is 44.2 Å². The summed E-state index contributed by atoms with van der Waals surface area (Å²) in [6.45, 7) is 3.53. The maximum absolute atomic E-state index is 13.1. The molecule has 0 radical (unpaired) electrons. The molecule has 0 unspecified atom stereocenters. The van der Waals surface area contributed by atoms with E-state index in [9.17, 15) is 39.5 Å². The minimum absolute atomic E-state index is 0.441. The van der Waals surface area contributed by atoms with Crippen molar-refractivity contribution in [1.82, 2.24) is 4.90 Å². The Kier molecular flexibility index (Phi) is 14.7. The third-order valence-corrected chi connectivity index (χ3v) is 10.3. The third-order valence-electron chi connectivity index (χ3n) is 10.3. The largest absolute Gasteiger partial charge is 0.416 e. The van der Waals surface area contributed by atoms with Gasteiger partial charge in [-0.3, -0.25) is 4.90 Å². The van der Waals surface area contributed by atoms with E-state index in [1.165, 1.54) is 36.4 Å². The number of anilines is 3. The molecule has 0 bridgehead atoms. The average Bonchev–Trinajstić information content (AvgIpc) is 3.22. The zero-order valence-corrected chi connectivity index (χ0v) is 33.1. The fraction of sp³-hybridized carbons (Fsp3) is 0.250. The van der Waals surface area contributed by atoms with Gasteiger partial charge in [0.2, 0.25) is 0 Å². The molecule has 320 valence electrons. The summed E-state index contributed by atoms with van der Waals surface area (Å²) in [7, 11) is 0. The molecule has 13 heteroatoms. The first-order valence-electron chi connectivity index (χ1n) is 19.8. The normalized spacial score (nSPS) is 12.1. The van der Waals surface area contributed by atoms with Crippen molar-refractivity contribution in [2.75, 3.05) is 55.2 Å². The summed E-state index contributed by atoms with van der Waals surface area (Å²) in [6, 6.07) is 38.5. The van der Waals surface area contributed by atoms with E-state index < -0.39 is 35.2 Å².